The fraction of sp³-hybridized carbons (Fsp3) is 1.00. The molecule has 0 amide bonds. The second kappa shape index (κ2) is 13.7. The van der Waals surface area contributed by atoms with Crippen LogP contribution >= 0.6 is 0 Å². The van der Waals surface area contributed by atoms with E-state index in [1.54, 1.807) is 0 Å². The molecule has 0 N–H and O–H groups in total. The summed E-state index contributed by atoms with van der Waals surface area (Å²) in [7, 11) is -1.73. The van der Waals surface area contributed by atoms with E-state index in [-0.39, 0.29) is 0 Å². The number of hydrogen-bond acceptors (Lipinski definition) is 3. The van der Waals surface area contributed by atoms with Crippen LogP contribution in [0.4, 0.5) is 0 Å². The highest BCUT2D eigenvalue weighted by atomic mass is 28.3. The van der Waals surface area contributed by atoms with E-state index in [0.717, 1.165) is 0 Å². The van der Waals surface area contributed by atoms with E-state index in [1.807, 2.05) is 34.6 Å². The predicted molar refractivity (Wildman–Crippen MR) is 53.4 cm³/mol. The van der Waals surface area contributed by atoms with Crippen molar-refractivity contribution in [2.75, 3.05) is 19.8 Å². The molecule has 0 spiro atoms. The molecule has 76 valence electrons. The van der Waals surface area contributed by atoms with Gasteiger partial charge in [0.1, 0.15) is 0 Å². The zero-order valence-corrected chi connectivity index (χ0v) is 10.1. The first-order valence-corrected chi connectivity index (χ1v) is 6.11. The average Bonchev–Trinajstić information content (AvgIpc) is 2.10. The van der Waals surface area contributed by atoms with Crippen LogP contribution in [-0.4, -0.2) is 29.3 Å². The van der Waals surface area contributed by atoms with E-state index in [0.29, 0.717) is 19.8 Å². The Labute approximate surface area is 78.0 Å². The van der Waals surface area contributed by atoms with Crippen LogP contribution in [0.2, 0.25) is 0 Å². The van der Waals surface area contributed by atoms with Crippen molar-refractivity contribution in [2.24, 2.45) is 0 Å². The van der Waals surface area contributed by atoms with Gasteiger partial charge in [-0.25, -0.2) is 0 Å². The SMILES string of the molecule is CC.CCO[SiH](OCC)OCC. The van der Waals surface area contributed by atoms with Gasteiger partial charge in [0.2, 0.25) is 0 Å². The fourth-order valence-electron chi connectivity index (χ4n) is 0.553. The standard InChI is InChI=1S/C6H16O3Si.C2H6/c1-4-7-10(8-5-2)9-6-3;1-2/h10H,4-6H2,1-3H3;1-2H3. The summed E-state index contributed by atoms with van der Waals surface area (Å²) in [4.78, 5) is 0. The van der Waals surface area contributed by atoms with E-state index in [4.69, 9.17) is 13.3 Å². The monoisotopic (exact) mass is 194 g/mol. The molecule has 0 aliphatic carbocycles. The smallest absolute Gasteiger partial charge is 0.376 e. The Kier molecular flexibility index (Phi) is 16.6. The molecule has 3 nitrogen and oxygen atoms in total. The van der Waals surface area contributed by atoms with E-state index in [2.05, 4.69) is 0 Å². The van der Waals surface area contributed by atoms with E-state index >= 15 is 0 Å². The Morgan fingerprint density at radius 1 is 0.750 bits per heavy atom. The first kappa shape index (κ1) is 14.6. The molecule has 0 rings (SSSR count). The molecule has 0 atom stereocenters. The third-order valence-electron chi connectivity index (χ3n) is 0.908. The van der Waals surface area contributed by atoms with Crippen LogP contribution in [0.3, 0.4) is 0 Å². The van der Waals surface area contributed by atoms with Crippen molar-refractivity contribution in [2.45, 2.75) is 34.6 Å². The minimum atomic E-state index is -1.73. The summed E-state index contributed by atoms with van der Waals surface area (Å²) >= 11 is 0. The molecule has 0 fully saturated rings. The number of hydrogen-bond donors (Lipinski definition) is 0. The van der Waals surface area contributed by atoms with Crippen molar-refractivity contribution in [3.8, 4) is 0 Å². The zero-order valence-electron chi connectivity index (χ0n) is 8.92. The molecule has 0 unspecified atom stereocenters. The van der Waals surface area contributed by atoms with E-state index in [1.165, 1.54) is 0 Å². The first-order chi connectivity index (χ1) is 5.85. The normalized spacial score (nSPS) is 9.50. The Bertz CT molecular complexity index is 57.1. The van der Waals surface area contributed by atoms with Gasteiger partial charge in [-0.1, -0.05) is 13.8 Å². The lowest BCUT2D eigenvalue weighted by atomic mass is 10.9. The second-order valence-electron chi connectivity index (χ2n) is 1.65. The predicted octanol–water partition coefficient (Wildman–Crippen LogP) is 1.84. The van der Waals surface area contributed by atoms with Crippen molar-refractivity contribution in [3.05, 3.63) is 0 Å². The first-order valence-electron chi connectivity index (χ1n) is 4.69. The topological polar surface area (TPSA) is 27.7 Å². The maximum atomic E-state index is 5.22. The summed E-state index contributed by atoms with van der Waals surface area (Å²) in [5.74, 6) is 0. The van der Waals surface area contributed by atoms with Crippen LogP contribution in [0.1, 0.15) is 34.6 Å². The van der Waals surface area contributed by atoms with Gasteiger partial charge in [0.15, 0.2) is 0 Å². The summed E-state index contributed by atoms with van der Waals surface area (Å²) in [5, 5.41) is 0. The van der Waals surface area contributed by atoms with Crippen LogP contribution in [0.25, 0.3) is 0 Å². The highest BCUT2D eigenvalue weighted by Gasteiger charge is 2.11. The molecule has 0 aromatic carbocycles. The molecular weight excluding hydrogens is 172 g/mol. The lowest BCUT2D eigenvalue weighted by Crippen LogP contribution is -2.27. The van der Waals surface area contributed by atoms with Gasteiger partial charge in [-0.3, -0.25) is 0 Å². The quantitative estimate of drug-likeness (QED) is 0.604. The summed E-state index contributed by atoms with van der Waals surface area (Å²) in [6, 6.07) is 0. The minimum Gasteiger partial charge on any atom is -0.376 e. The van der Waals surface area contributed by atoms with Gasteiger partial charge in [-0.05, 0) is 20.8 Å². The second-order valence-corrected chi connectivity index (χ2v) is 3.23. The van der Waals surface area contributed by atoms with E-state index in [9.17, 15) is 0 Å². The van der Waals surface area contributed by atoms with Gasteiger partial charge in [-0.2, -0.15) is 0 Å². The highest BCUT2D eigenvalue weighted by Crippen LogP contribution is 1.90. The van der Waals surface area contributed by atoms with Crippen molar-refractivity contribution >= 4 is 9.53 Å². The maximum Gasteiger partial charge on any atom is 0.484 e. The molecule has 4 heteroatoms. The fourth-order valence-corrected chi connectivity index (χ4v) is 1.66. The van der Waals surface area contributed by atoms with Gasteiger partial charge in [0, 0.05) is 19.8 Å². The van der Waals surface area contributed by atoms with Crippen molar-refractivity contribution in [1.29, 1.82) is 0 Å². The molecular formula is C8H22O3Si. The third kappa shape index (κ3) is 10.1. The molecule has 0 aromatic heterocycles. The largest absolute Gasteiger partial charge is 0.484 e. The molecule has 0 aromatic rings. The van der Waals surface area contributed by atoms with Crippen LogP contribution in [0.15, 0.2) is 0 Å². The Balaban J connectivity index is 0. The van der Waals surface area contributed by atoms with Crippen molar-refractivity contribution < 1.29 is 13.3 Å². The van der Waals surface area contributed by atoms with Gasteiger partial charge in [0.25, 0.3) is 0 Å². The Hall–Kier alpha value is 0.0969. The minimum absolute atomic E-state index is 0.677. The Morgan fingerprint density at radius 2 is 1.00 bits per heavy atom. The molecule has 0 aliphatic rings. The average molecular weight is 194 g/mol. The van der Waals surface area contributed by atoms with Crippen LogP contribution < -0.4 is 0 Å². The van der Waals surface area contributed by atoms with Gasteiger partial charge < -0.3 is 13.3 Å². The van der Waals surface area contributed by atoms with Gasteiger partial charge in [-0.15, -0.1) is 0 Å². The van der Waals surface area contributed by atoms with Gasteiger partial charge in [0.05, 0.1) is 0 Å². The van der Waals surface area contributed by atoms with Crippen LogP contribution in [-0.2, 0) is 13.3 Å². The van der Waals surface area contributed by atoms with Crippen LogP contribution in [0, 0.1) is 0 Å². The lowest BCUT2D eigenvalue weighted by Gasteiger charge is -2.12. The van der Waals surface area contributed by atoms with Crippen molar-refractivity contribution in [3.63, 3.8) is 0 Å². The summed E-state index contributed by atoms with van der Waals surface area (Å²) in [6.07, 6.45) is 0. The summed E-state index contributed by atoms with van der Waals surface area (Å²) in [6.45, 7) is 11.9. The molecule has 12 heavy (non-hydrogen) atoms. The summed E-state index contributed by atoms with van der Waals surface area (Å²) < 4.78 is 15.7. The molecule has 0 heterocycles. The highest BCUT2D eigenvalue weighted by molar-refractivity contribution is 6.36. The Morgan fingerprint density at radius 3 is 1.17 bits per heavy atom. The molecule has 0 saturated heterocycles. The third-order valence-corrected chi connectivity index (χ3v) is 2.72. The molecule has 0 saturated carbocycles. The molecule has 0 aliphatic heterocycles. The molecule has 0 radical (unpaired) electrons. The lowest BCUT2D eigenvalue weighted by molar-refractivity contribution is 0.107. The van der Waals surface area contributed by atoms with Crippen LogP contribution in [0.5, 0.6) is 0 Å². The zero-order chi connectivity index (χ0) is 9.82. The van der Waals surface area contributed by atoms with Crippen molar-refractivity contribution in [1.82, 2.24) is 0 Å². The van der Waals surface area contributed by atoms with Gasteiger partial charge >= 0.3 is 9.53 Å². The molecule has 0 bridgehead atoms. The number of rotatable bonds is 6. The summed E-state index contributed by atoms with van der Waals surface area (Å²) in [5.41, 5.74) is 0. The maximum absolute atomic E-state index is 5.22. The van der Waals surface area contributed by atoms with E-state index < -0.39 is 9.53 Å².